The van der Waals surface area contributed by atoms with E-state index in [2.05, 4.69) is 15.9 Å². The Bertz CT molecular complexity index is 190. The first-order valence-corrected chi connectivity index (χ1v) is 3.38. The Hall–Kier alpha value is -1.10. The molecular formula is C6H10N2O3. The van der Waals surface area contributed by atoms with Gasteiger partial charge in [-0.25, -0.2) is 0 Å². The lowest BCUT2D eigenvalue weighted by atomic mass is 10.1. The molecule has 1 aliphatic carbocycles. The molecule has 0 aromatic heterocycles. The van der Waals surface area contributed by atoms with Gasteiger partial charge in [-0.05, 0) is 12.8 Å². The highest BCUT2D eigenvalue weighted by Gasteiger charge is 2.28. The van der Waals surface area contributed by atoms with E-state index < -0.39 is 5.97 Å². The highest BCUT2D eigenvalue weighted by Crippen LogP contribution is 2.23. The largest absolute Gasteiger partial charge is 0.411 e. The van der Waals surface area contributed by atoms with Gasteiger partial charge in [-0.3, -0.25) is 4.79 Å². The molecular weight excluding hydrogens is 148 g/mol. The van der Waals surface area contributed by atoms with E-state index >= 15 is 0 Å². The molecule has 5 heteroatoms. The van der Waals surface area contributed by atoms with Crippen LogP contribution in [0.1, 0.15) is 19.3 Å². The van der Waals surface area contributed by atoms with Gasteiger partial charge in [0.25, 0.3) is 0 Å². The summed E-state index contributed by atoms with van der Waals surface area (Å²) in [4.78, 5) is 14.8. The van der Waals surface area contributed by atoms with Crippen LogP contribution in [0.15, 0.2) is 5.16 Å². The van der Waals surface area contributed by atoms with Crippen molar-refractivity contribution in [2.75, 3.05) is 0 Å². The van der Waals surface area contributed by atoms with E-state index in [4.69, 9.17) is 5.21 Å². The van der Waals surface area contributed by atoms with E-state index in [1.807, 2.05) is 0 Å². The molecule has 5 nitrogen and oxygen atoms in total. The van der Waals surface area contributed by atoms with Crippen molar-refractivity contribution >= 4 is 11.7 Å². The average Bonchev–Trinajstić information content (AvgIpc) is 2.50. The molecule has 0 spiro atoms. The summed E-state index contributed by atoms with van der Waals surface area (Å²) in [6.07, 6.45) is 1.78. The third kappa shape index (κ3) is 1.68. The zero-order valence-electron chi connectivity index (χ0n) is 5.99. The van der Waals surface area contributed by atoms with Crippen molar-refractivity contribution in [2.24, 2.45) is 17.0 Å². The van der Waals surface area contributed by atoms with E-state index in [-0.39, 0.29) is 5.92 Å². The van der Waals surface area contributed by atoms with Crippen LogP contribution < -0.4 is 5.90 Å². The number of hydrogen-bond donors (Lipinski definition) is 2. The van der Waals surface area contributed by atoms with E-state index in [0.29, 0.717) is 25.0 Å². The molecule has 1 unspecified atom stereocenters. The first-order valence-electron chi connectivity index (χ1n) is 3.38. The predicted molar refractivity (Wildman–Crippen MR) is 36.8 cm³/mol. The van der Waals surface area contributed by atoms with Crippen LogP contribution in [0.3, 0.4) is 0 Å². The Kier molecular flexibility index (Phi) is 2.43. The quantitative estimate of drug-likeness (QED) is 0.416. The third-order valence-electron chi connectivity index (χ3n) is 1.85. The van der Waals surface area contributed by atoms with Crippen LogP contribution in [0.25, 0.3) is 0 Å². The zero-order valence-corrected chi connectivity index (χ0v) is 5.99. The maximum absolute atomic E-state index is 10.8. The zero-order chi connectivity index (χ0) is 8.27. The molecule has 0 heterocycles. The maximum Gasteiger partial charge on any atom is 0.327 e. The average molecular weight is 158 g/mol. The van der Waals surface area contributed by atoms with Gasteiger partial charge in [0.05, 0.1) is 11.6 Å². The van der Waals surface area contributed by atoms with Crippen LogP contribution in [-0.4, -0.2) is 16.9 Å². The molecule has 3 N–H and O–H groups in total. The molecule has 0 aromatic rings. The Labute approximate surface area is 63.8 Å². The van der Waals surface area contributed by atoms with E-state index in [1.165, 1.54) is 0 Å². The molecule has 0 amide bonds. The Balaban J connectivity index is 2.48. The smallest absolute Gasteiger partial charge is 0.327 e. The predicted octanol–water partition coefficient (Wildman–Crippen LogP) is 0.0336. The number of oxime groups is 1. The topological polar surface area (TPSA) is 84.9 Å². The maximum atomic E-state index is 10.8. The van der Waals surface area contributed by atoms with Crippen molar-refractivity contribution in [3.63, 3.8) is 0 Å². The number of nitrogens with two attached hydrogens (primary N) is 1. The van der Waals surface area contributed by atoms with Gasteiger partial charge in [-0.2, -0.15) is 5.90 Å². The first-order chi connectivity index (χ1) is 5.27. The van der Waals surface area contributed by atoms with Crippen LogP contribution in [0.4, 0.5) is 0 Å². The minimum absolute atomic E-state index is 0.217. The van der Waals surface area contributed by atoms with E-state index in [1.54, 1.807) is 0 Å². The number of carbonyl (C=O) groups excluding carboxylic acids is 1. The highest BCUT2D eigenvalue weighted by molar-refractivity contribution is 5.91. The van der Waals surface area contributed by atoms with Gasteiger partial charge in [0.15, 0.2) is 0 Å². The molecule has 1 aliphatic rings. The van der Waals surface area contributed by atoms with Crippen molar-refractivity contribution < 1.29 is 14.8 Å². The summed E-state index contributed by atoms with van der Waals surface area (Å²) in [5, 5.41) is 11.4. The number of carbonyl (C=O) groups is 1. The van der Waals surface area contributed by atoms with E-state index in [9.17, 15) is 4.79 Å². The Morgan fingerprint density at radius 3 is 3.00 bits per heavy atom. The van der Waals surface area contributed by atoms with Gasteiger partial charge in [0, 0.05) is 6.42 Å². The van der Waals surface area contributed by atoms with Gasteiger partial charge >= 0.3 is 5.97 Å². The second-order valence-corrected chi connectivity index (χ2v) is 2.54. The van der Waals surface area contributed by atoms with Gasteiger partial charge in [0.1, 0.15) is 0 Å². The molecule has 1 atom stereocenters. The lowest BCUT2D eigenvalue weighted by Gasteiger charge is -2.02. The molecule has 62 valence electrons. The molecule has 0 aliphatic heterocycles. The molecule has 0 saturated heterocycles. The lowest BCUT2D eigenvalue weighted by Crippen LogP contribution is -2.18. The second-order valence-electron chi connectivity index (χ2n) is 2.54. The Morgan fingerprint density at radius 2 is 2.55 bits per heavy atom. The minimum atomic E-state index is -0.427. The number of nitrogens with zero attached hydrogens (tertiary/aromatic N) is 1. The van der Waals surface area contributed by atoms with Crippen LogP contribution >= 0.6 is 0 Å². The summed E-state index contributed by atoms with van der Waals surface area (Å²) in [5.74, 6) is 4.04. The van der Waals surface area contributed by atoms with Crippen molar-refractivity contribution in [1.29, 1.82) is 0 Å². The van der Waals surface area contributed by atoms with Crippen LogP contribution in [-0.2, 0) is 9.63 Å². The fraction of sp³-hybridized carbons (Fsp3) is 0.667. The van der Waals surface area contributed by atoms with Crippen LogP contribution in [0.5, 0.6) is 0 Å². The molecule has 1 saturated carbocycles. The molecule has 0 radical (unpaired) electrons. The van der Waals surface area contributed by atoms with Gasteiger partial charge in [-0.1, -0.05) is 5.16 Å². The summed E-state index contributed by atoms with van der Waals surface area (Å²) in [5.41, 5.74) is 0.639. The molecule has 11 heavy (non-hydrogen) atoms. The fourth-order valence-electron chi connectivity index (χ4n) is 1.22. The number of rotatable bonds is 1. The fourth-order valence-corrected chi connectivity index (χ4v) is 1.22. The van der Waals surface area contributed by atoms with Gasteiger partial charge in [0.2, 0.25) is 0 Å². The van der Waals surface area contributed by atoms with Crippen LogP contribution in [0, 0.1) is 5.92 Å². The molecule has 1 fully saturated rings. The Morgan fingerprint density at radius 1 is 1.82 bits per heavy atom. The van der Waals surface area contributed by atoms with Crippen molar-refractivity contribution in [3.05, 3.63) is 0 Å². The molecule has 0 aromatic carbocycles. The van der Waals surface area contributed by atoms with Crippen LogP contribution in [0.2, 0.25) is 0 Å². The monoisotopic (exact) mass is 158 g/mol. The van der Waals surface area contributed by atoms with Crippen molar-refractivity contribution in [3.8, 4) is 0 Å². The third-order valence-corrected chi connectivity index (χ3v) is 1.85. The highest BCUT2D eigenvalue weighted by atomic mass is 16.7. The van der Waals surface area contributed by atoms with Crippen molar-refractivity contribution in [2.45, 2.75) is 19.3 Å². The second kappa shape index (κ2) is 3.34. The van der Waals surface area contributed by atoms with Crippen molar-refractivity contribution in [1.82, 2.24) is 0 Å². The van der Waals surface area contributed by atoms with E-state index in [0.717, 1.165) is 0 Å². The minimum Gasteiger partial charge on any atom is -0.411 e. The first kappa shape index (κ1) is 8.00. The SMILES string of the molecule is NOC(=O)C1CCC(=NO)C1. The summed E-state index contributed by atoms with van der Waals surface area (Å²) in [6.45, 7) is 0. The standard InChI is InChI=1S/C6H10N2O3/c7-11-6(9)4-1-2-5(3-4)8-10/h4,10H,1-3,7H2. The van der Waals surface area contributed by atoms with Gasteiger partial charge < -0.3 is 10.0 Å². The molecule has 0 bridgehead atoms. The summed E-state index contributed by atoms with van der Waals surface area (Å²) in [7, 11) is 0. The van der Waals surface area contributed by atoms with Gasteiger partial charge in [-0.15, -0.1) is 0 Å². The summed E-state index contributed by atoms with van der Waals surface area (Å²) in [6, 6.07) is 0. The number of hydrogen-bond acceptors (Lipinski definition) is 5. The summed E-state index contributed by atoms with van der Waals surface area (Å²) >= 11 is 0. The lowest BCUT2D eigenvalue weighted by molar-refractivity contribution is -0.148. The summed E-state index contributed by atoms with van der Waals surface area (Å²) < 4.78 is 0. The molecule has 1 rings (SSSR count). The normalized spacial score (nSPS) is 27.4.